The van der Waals surface area contributed by atoms with E-state index in [-0.39, 0.29) is 0 Å². The fraction of sp³-hybridized carbons (Fsp3) is 0.0217. The molecular formula is C46H30N4O2. The number of benzene rings is 7. The van der Waals surface area contributed by atoms with Gasteiger partial charge in [-0.1, -0.05) is 121 Å². The Bertz CT molecular complexity index is 3060. The number of hydrogen-bond donors (Lipinski definition) is 1. The average molecular weight is 671 g/mol. The van der Waals surface area contributed by atoms with Crippen LogP contribution in [0.15, 0.2) is 154 Å². The first-order valence-electron chi connectivity index (χ1n) is 17.3. The number of nitrogens with two attached hydrogens (primary N) is 1. The summed E-state index contributed by atoms with van der Waals surface area (Å²) in [5.41, 5.74) is 14.4. The number of para-hydroxylation sites is 1. The van der Waals surface area contributed by atoms with Gasteiger partial charge >= 0.3 is 0 Å². The van der Waals surface area contributed by atoms with Crippen LogP contribution in [0.5, 0.6) is 0 Å². The largest absolute Gasteiger partial charge is 0.456 e. The molecular weight excluding hydrogens is 641 g/mol. The van der Waals surface area contributed by atoms with Crippen molar-refractivity contribution in [2.24, 2.45) is 0 Å². The molecule has 6 heteroatoms. The molecule has 0 radical (unpaired) electrons. The molecule has 0 saturated heterocycles. The molecule has 3 heterocycles. The number of aromatic nitrogens is 3. The van der Waals surface area contributed by atoms with Crippen molar-refractivity contribution in [3.05, 3.63) is 151 Å². The van der Waals surface area contributed by atoms with E-state index in [1.54, 1.807) is 0 Å². The van der Waals surface area contributed by atoms with Gasteiger partial charge in [0.15, 0.2) is 23.4 Å². The lowest BCUT2D eigenvalue weighted by Crippen LogP contribution is -2.00. The molecule has 3 aromatic heterocycles. The fourth-order valence-electron chi connectivity index (χ4n) is 7.45. The normalized spacial score (nSPS) is 11.9. The van der Waals surface area contributed by atoms with E-state index < -0.39 is 0 Å². The fourth-order valence-corrected chi connectivity index (χ4v) is 7.45. The van der Waals surface area contributed by atoms with E-state index in [1.807, 2.05) is 73.7 Å². The minimum absolute atomic E-state index is 0.412. The molecule has 0 aliphatic carbocycles. The summed E-state index contributed by atoms with van der Waals surface area (Å²) in [5.74, 6) is 2.19. The summed E-state index contributed by atoms with van der Waals surface area (Å²) in [5, 5.41) is 7.44. The quantitative estimate of drug-likeness (QED) is 0.196. The van der Waals surface area contributed by atoms with Gasteiger partial charge in [-0.25, -0.2) is 15.0 Å². The number of fused-ring (bicyclic) bond motifs is 6. The van der Waals surface area contributed by atoms with Crippen LogP contribution >= 0.6 is 0 Å². The highest BCUT2D eigenvalue weighted by Gasteiger charge is 2.19. The zero-order valence-corrected chi connectivity index (χ0v) is 28.2. The summed E-state index contributed by atoms with van der Waals surface area (Å²) < 4.78 is 12.2. The number of allylic oxidation sites excluding steroid dienone is 1. The van der Waals surface area contributed by atoms with Crippen molar-refractivity contribution in [2.75, 3.05) is 5.73 Å². The predicted octanol–water partition coefficient (Wildman–Crippen LogP) is 12.1. The first-order valence-corrected chi connectivity index (χ1v) is 17.3. The molecule has 7 aromatic carbocycles. The highest BCUT2D eigenvalue weighted by atomic mass is 16.3. The van der Waals surface area contributed by atoms with Gasteiger partial charge in [0, 0.05) is 38.4 Å². The highest BCUT2D eigenvalue weighted by molar-refractivity contribution is 6.12. The summed E-state index contributed by atoms with van der Waals surface area (Å²) in [7, 11) is 0. The molecule has 0 bridgehead atoms. The molecule has 0 unspecified atom stereocenters. The molecule has 10 rings (SSSR count). The van der Waals surface area contributed by atoms with E-state index in [1.165, 1.54) is 0 Å². The second-order valence-electron chi connectivity index (χ2n) is 12.9. The molecule has 0 spiro atoms. The summed E-state index contributed by atoms with van der Waals surface area (Å²) in [6.45, 7) is 1.98. The van der Waals surface area contributed by atoms with Crippen LogP contribution in [0.4, 0.5) is 5.88 Å². The average Bonchev–Trinajstić information content (AvgIpc) is 3.74. The molecule has 0 fully saturated rings. The van der Waals surface area contributed by atoms with Crippen LogP contribution in [-0.4, -0.2) is 15.0 Å². The summed E-state index contributed by atoms with van der Waals surface area (Å²) >= 11 is 0. The lowest BCUT2D eigenvalue weighted by molar-refractivity contribution is 0.636. The third-order valence-electron chi connectivity index (χ3n) is 9.83. The summed E-state index contributed by atoms with van der Waals surface area (Å²) in [6.07, 6.45) is 3.99. The Balaban J connectivity index is 1.18. The Morgan fingerprint density at radius 2 is 1.10 bits per heavy atom. The molecule has 0 atom stereocenters. The van der Waals surface area contributed by atoms with Crippen molar-refractivity contribution < 1.29 is 8.83 Å². The topological polar surface area (TPSA) is 91.0 Å². The molecule has 0 aliphatic heterocycles. The van der Waals surface area contributed by atoms with E-state index in [2.05, 4.69) is 84.9 Å². The lowest BCUT2D eigenvalue weighted by atomic mass is 9.93. The monoisotopic (exact) mass is 670 g/mol. The highest BCUT2D eigenvalue weighted by Crippen LogP contribution is 2.41. The molecule has 2 N–H and O–H groups in total. The van der Waals surface area contributed by atoms with Gasteiger partial charge in [0.1, 0.15) is 16.7 Å². The van der Waals surface area contributed by atoms with Gasteiger partial charge in [0.2, 0.25) is 0 Å². The van der Waals surface area contributed by atoms with Gasteiger partial charge in [0.05, 0.1) is 0 Å². The SMILES string of the molecule is C/C=C\c1c(N)oc2cccc(-c3cccc4cc(-c5nc(-c6ccc7ccccc7c6)nc(-c6cccc7oc8ccccc8c67)n5)ccc34)c12. The van der Waals surface area contributed by atoms with Crippen molar-refractivity contribution >= 4 is 66.4 Å². The Hall–Kier alpha value is -7.05. The zero-order chi connectivity index (χ0) is 34.8. The van der Waals surface area contributed by atoms with Crippen LogP contribution in [0.25, 0.3) is 106 Å². The van der Waals surface area contributed by atoms with Gasteiger partial charge in [-0.2, -0.15) is 0 Å². The number of nitrogens with zero attached hydrogens (tertiary/aromatic N) is 3. The Morgan fingerprint density at radius 1 is 0.481 bits per heavy atom. The molecule has 6 nitrogen and oxygen atoms in total. The van der Waals surface area contributed by atoms with Gasteiger partial charge in [0.25, 0.3) is 0 Å². The Labute approximate surface area is 298 Å². The van der Waals surface area contributed by atoms with E-state index in [4.69, 9.17) is 29.5 Å². The maximum atomic E-state index is 6.33. The third-order valence-corrected chi connectivity index (χ3v) is 9.83. The van der Waals surface area contributed by atoms with Gasteiger partial charge < -0.3 is 14.6 Å². The van der Waals surface area contributed by atoms with Crippen molar-refractivity contribution in [2.45, 2.75) is 6.92 Å². The third kappa shape index (κ3) is 4.76. The Morgan fingerprint density at radius 3 is 1.92 bits per heavy atom. The van der Waals surface area contributed by atoms with Gasteiger partial charge in [-0.05, 0) is 69.9 Å². The molecule has 52 heavy (non-hydrogen) atoms. The number of furan rings is 2. The number of anilines is 1. The smallest absolute Gasteiger partial charge is 0.198 e. The minimum Gasteiger partial charge on any atom is -0.456 e. The second kappa shape index (κ2) is 11.8. The van der Waals surface area contributed by atoms with Crippen molar-refractivity contribution in [3.8, 4) is 45.3 Å². The number of nitrogen functional groups attached to an aromatic ring is 1. The van der Waals surface area contributed by atoms with Crippen LogP contribution in [0.2, 0.25) is 0 Å². The van der Waals surface area contributed by atoms with Crippen molar-refractivity contribution in [1.82, 2.24) is 15.0 Å². The first-order chi connectivity index (χ1) is 25.6. The molecule has 0 aliphatic rings. The second-order valence-corrected chi connectivity index (χ2v) is 12.9. The first kappa shape index (κ1) is 29.8. The Kier molecular flexibility index (Phi) is 6.76. The van der Waals surface area contributed by atoms with Crippen LogP contribution in [-0.2, 0) is 0 Å². The van der Waals surface area contributed by atoms with E-state index in [0.717, 1.165) is 87.8 Å². The van der Waals surface area contributed by atoms with Gasteiger partial charge in [-0.15, -0.1) is 0 Å². The van der Waals surface area contributed by atoms with E-state index in [0.29, 0.717) is 23.4 Å². The standard InChI is InChI=1S/C46H30N4O2/c1-2-10-36-41-34(16-8-20-40(41)52-43(36)47)33-15-7-13-29-26-31(23-24-32(29)33)45-48-44(30-22-21-27-11-3-4-12-28(27)25-30)49-46(50-45)37-17-9-19-39-42(37)35-14-5-6-18-38(35)51-39/h2-26H,47H2,1H3/b10-2-. The van der Waals surface area contributed by atoms with Crippen LogP contribution in [0.1, 0.15) is 12.5 Å². The maximum absolute atomic E-state index is 6.33. The molecule has 10 aromatic rings. The zero-order valence-electron chi connectivity index (χ0n) is 28.2. The van der Waals surface area contributed by atoms with E-state index in [9.17, 15) is 0 Å². The van der Waals surface area contributed by atoms with Crippen LogP contribution in [0.3, 0.4) is 0 Å². The van der Waals surface area contributed by atoms with Crippen LogP contribution < -0.4 is 5.73 Å². The van der Waals surface area contributed by atoms with Crippen molar-refractivity contribution in [3.63, 3.8) is 0 Å². The number of rotatable bonds is 5. The van der Waals surface area contributed by atoms with E-state index >= 15 is 0 Å². The van der Waals surface area contributed by atoms with Crippen LogP contribution in [0, 0.1) is 0 Å². The van der Waals surface area contributed by atoms with Gasteiger partial charge in [-0.3, -0.25) is 0 Å². The molecule has 0 saturated carbocycles. The minimum atomic E-state index is 0.412. The lowest BCUT2D eigenvalue weighted by Gasteiger charge is -2.12. The number of hydrogen-bond acceptors (Lipinski definition) is 6. The summed E-state index contributed by atoms with van der Waals surface area (Å²) in [6, 6.07) is 47.7. The summed E-state index contributed by atoms with van der Waals surface area (Å²) in [4.78, 5) is 15.4. The molecule has 246 valence electrons. The molecule has 0 amide bonds. The maximum Gasteiger partial charge on any atom is 0.198 e. The predicted molar refractivity (Wildman–Crippen MR) is 213 cm³/mol. The van der Waals surface area contributed by atoms with Crippen molar-refractivity contribution in [1.29, 1.82) is 0 Å².